The summed E-state index contributed by atoms with van der Waals surface area (Å²) in [6.07, 6.45) is 2.99. The number of carbonyl (C=O) groups is 1. The summed E-state index contributed by atoms with van der Waals surface area (Å²) in [5.74, 6) is 0.907. The van der Waals surface area contributed by atoms with E-state index in [1.165, 1.54) is 21.6 Å². The van der Waals surface area contributed by atoms with Crippen LogP contribution in [-0.4, -0.2) is 5.78 Å². The second-order valence-corrected chi connectivity index (χ2v) is 11.6. The molecule has 1 heterocycles. The largest absolute Gasteiger partial charge is 0.384 e. The predicted octanol–water partition coefficient (Wildman–Crippen LogP) is 7.77. The smallest absolute Gasteiger partial charge is 0.161 e. The average molecular weight is 534 g/mol. The minimum absolute atomic E-state index is 0.119. The highest BCUT2D eigenvalue weighted by molar-refractivity contribution is 7.98. The Kier molecular flexibility index (Phi) is 7.68. The first-order valence-electron chi connectivity index (χ1n) is 13.7. The van der Waals surface area contributed by atoms with Crippen LogP contribution in [0.25, 0.3) is 0 Å². The number of ketones is 1. The predicted molar refractivity (Wildman–Crippen MR) is 160 cm³/mol. The number of aryl methyl sites for hydroxylation is 3. The van der Waals surface area contributed by atoms with E-state index in [4.69, 9.17) is 5.73 Å². The van der Waals surface area contributed by atoms with E-state index >= 15 is 0 Å². The minimum atomic E-state index is -0.452. The van der Waals surface area contributed by atoms with Crippen LogP contribution in [0.1, 0.15) is 65.5 Å². The van der Waals surface area contributed by atoms with Crippen molar-refractivity contribution in [2.75, 3.05) is 4.90 Å². The van der Waals surface area contributed by atoms with Gasteiger partial charge in [0.05, 0.1) is 17.6 Å². The van der Waals surface area contributed by atoms with Crippen molar-refractivity contribution in [1.82, 2.24) is 0 Å². The number of thioether (sulfide) groups is 1. The van der Waals surface area contributed by atoms with Crippen LogP contribution in [0.4, 0.5) is 5.69 Å². The summed E-state index contributed by atoms with van der Waals surface area (Å²) in [6.45, 7) is 8.43. The number of rotatable bonds is 6. The number of allylic oxidation sites excluding steroid dienone is 3. The molecule has 4 nitrogen and oxygen atoms in total. The third-order valence-corrected chi connectivity index (χ3v) is 9.00. The van der Waals surface area contributed by atoms with Gasteiger partial charge in [-0.15, -0.1) is 11.8 Å². The quantitative estimate of drug-likeness (QED) is 0.328. The minimum Gasteiger partial charge on any atom is -0.384 e. The van der Waals surface area contributed by atoms with Gasteiger partial charge in [0, 0.05) is 34.0 Å². The lowest BCUT2D eigenvalue weighted by molar-refractivity contribution is -0.116. The van der Waals surface area contributed by atoms with Crippen molar-refractivity contribution >= 4 is 23.2 Å². The van der Waals surface area contributed by atoms with E-state index in [1.807, 2.05) is 17.0 Å². The van der Waals surface area contributed by atoms with Crippen molar-refractivity contribution < 1.29 is 4.79 Å². The van der Waals surface area contributed by atoms with Crippen LogP contribution < -0.4 is 10.6 Å². The number of anilines is 1. The van der Waals surface area contributed by atoms with Crippen LogP contribution in [0.5, 0.6) is 0 Å². The molecule has 0 bridgehead atoms. The molecule has 0 saturated carbocycles. The van der Waals surface area contributed by atoms with Gasteiger partial charge >= 0.3 is 0 Å². The second kappa shape index (κ2) is 11.2. The molecule has 0 fully saturated rings. The Morgan fingerprint density at radius 3 is 2.38 bits per heavy atom. The van der Waals surface area contributed by atoms with E-state index in [0.717, 1.165) is 58.7 Å². The fourth-order valence-electron chi connectivity index (χ4n) is 5.78. The van der Waals surface area contributed by atoms with Crippen LogP contribution in [-0.2, 0) is 17.0 Å². The van der Waals surface area contributed by atoms with Crippen LogP contribution in [0, 0.1) is 32.1 Å². The molecular formula is C34H35N3OS. The molecular weight excluding hydrogens is 498 g/mol. The third kappa shape index (κ3) is 5.14. The van der Waals surface area contributed by atoms with Crippen molar-refractivity contribution in [3.63, 3.8) is 0 Å². The van der Waals surface area contributed by atoms with Crippen LogP contribution in [0.15, 0.2) is 88.2 Å². The molecule has 0 amide bonds. The van der Waals surface area contributed by atoms with Gasteiger partial charge in [-0.1, -0.05) is 54.4 Å². The monoisotopic (exact) mass is 533 g/mol. The van der Waals surface area contributed by atoms with Gasteiger partial charge in [-0.05, 0) is 86.6 Å². The topological polar surface area (TPSA) is 70.1 Å². The van der Waals surface area contributed by atoms with Crippen molar-refractivity contribution in [2.45, 2.75) is 69.9 Å². The van der Waals surface area contributed by atoms with E-state index in [0.29, 0.717) is 17.8 Å². The number of hydrogen-bond acceptors (Lipinski definition) is 5. The highest BCUT2D eigenvalue weighted by Crippen LogP contribution is 2.47. The molecule has 2 N–H and O–H groups in total. The molecule has 5 rings (SSSR count). The first-order valence-corrected chi connectivity index (χ1v) is 14.7. The van der Waals surface area contributed by atoms with Gasteiger partial charge in [0.15, 0.2) is 5.78 Å². The van der Waals surface area contributed by atoms with Crippen LogP contribution in [0.3, 0.4) is 0 Å². The normalized spacial score (nSPS) is 17.4. The van der Waals surface area contributed by atoms with Gasteiger partial charge in [0.1, 0.15) is 5.82 Å². The summed E-state index contributed by atoms with van der Waals surface area (Å²) >= 11 is 1.80. The molecule has 0 spiro atoms. The zero-order valence-corrected chi connectivity index (χ0v) is 24.0. The van der Waals surface area contributed by atoms with Crippen molar-refractivity contribution in [1.29, 1.82) is 5.26 Å². The highest BCUT2D eigenvalue weighted by Gasteiger charge is 2.41. The number of benzene rings is 3. The molecule has 5 heteroatoms. The number of nitriles is 1. The summed E-state index contributed by atoms with van der Waals surface area (Å²) < 4.78 is 0. The van der Waals surface area contributed by atoms with Crippen LogP contribution >= 0.6 is 11.8 Å². The number of carbonyl (C=O) groups excluding carboxylic acids is 1. The molecule has 1 aliphatic heterocycles. The Hall–Kier alpha value is -3.75. The maximum absolute atomic E-state index is 13.6. The average Bonchev–Trinajstić information content (AvgIpc) is 2.94. The Labute approximate surface area is 236 Å². The van der Waals surface area contributed by atoms with Gasteiger partial charge in [0.2, 0.25) is 0 Å². The number of nitrogens with zero attached hydrogens (tertiary/aromatic N) is 2. The number of nitrogens with two attached hydrogens (primary N) is 1. The third-order valence-electron chi connectivity index (χ3n) is 7.94. The molecule has 39 heavy (non-hydrogen) atoms. The molecule has 3 aromatic carbocycles. The molecule has 1 atom stereocenters. The second-order valence-electron chi connectivity index (χ2n) is 10.6. The zero-order valence-electron chi connectivity index (χ0n) is 23.2. The fraction of sp³-hybridized carbons (Fsp3) is 0.294. The SMILES string of the molecule is CCc1ccc(N2C(N)=C(C#N)C(c3cc(C)cc(CSc4ccc(C)cc4)c3C)C3=C2CCCC3=O)cc1. The van der Waals surface area contributed by atoms with Gasteiger partial charge in [-0.3, -0.25) is 9.69 Å². The lowest BCUT2D eigenvalue weighted by atomic mass is 9.73. The summed E-state index contributed by atoms with van der Waals surface area (Å²) in [7, 11) is 0. The molecule has 0 aromatic heterocycles. The highest BCUT2D eigenvalue weighted by atomic mass is 32.2. The Balaban J connectivity index is 1.61. The lowest BCUT2D eigenvalue weighted by Gasteiger charge is -2.40. The zero-order chi connectivity index (χ0) is 27.7. The van der Waals surface area contributed by atoms with Gasteiger partial charge in [-0.2, -0.15) is 5.26 Å². The van der Waals surface area contributed by atoms with E-state index in [2.05, 4.69) is 82.3 Å². The molecule has 0 radical (unpaired) electrons. The maximum atomic E-state index is 13.6. The maximum Gasteiger partial charge on any atom is 0.161 e. The summed E-state index contributed by atoms with van der Waals surface area (Å²) in [5, 5.41) is 10.5. The number of hydrogen-bond donors (Lipinski definition) is 1. The summed E-state index contributed by atoms with van der Waals surface area (Å²) in [6, 6.07) is 23.6. The van der Waals surface area contributed by atoms with Crippen molar-refractivity contribution in [3.8, 4) is 6.07 Å². The Bertz CT molecular complexity index is 1520. The standard InChI is InChI=1S/C34H35N3OS/c1-5-24-11-13-26(14-12-24)37-30-7-6-8-31(38)33(30)32(29(19-35)34(37)36)28-18-22(3)17-25(23(28)4)20-39-27-15-9-21(2)10-16-27/h9-18,32H,5-8,20,36H2,1-4H3. The fourth-order valence-corrected chi connectivity index (χ4v) is 6.73. The van der Waals surface area contributed by atoms with E-state index in [9.17, 15) is 10.1 Å². The first-order chi connectivity index (χ1) is 18.8. The van der Waals surface area contributed by atoms with Gasteiger partial charge < -0.3 is 5.73 Å². The number of Topliss-reactive ketones (excluding diaryl/α,β-unsaturated/α-hetero) is 1. The lowest BCUT2D eigenvalue weighted by Crippen LogP contribution is -2.39. The molecule has 1 unspecified atom stereocenters. The van der Waals surface area contributed by atoms with Gasteiger partial charge in [-0.25, -0.2) is 0 Å². The molecule has 2 aliphatic rings. The molecule has 3 aromatic rings. The van der Waals surface area contributed by atoms with E-state index in [1.54, 1.807) is 11.8 Å². The Morgan fingerprint density at radius 1 is 1.00 bits per heavy atom. The van der Waals surface area contributed by atoms with Gasteiger partial charge in [0.25, 0.3) is 0 Å². The summed E-state index contributed by atoms with van der Waals surface area (Å²) in [5.41, 5.74) is 16.8. The molecule has 1 aliphatic carbocycles. The van der Waals surface area contributed by atoms with Crippen LogP contribution in [0.2, 0.25) is 0 Å². The molecule has 0 saturated heterocycles. The first kappa shape index (κ1) is 26.8. The van der Waals surface area contributed by atoms with E-state index in [-0.39, 0.29) is 5.78 Å². The van der Waals surface area contributed by atoms with E-state index < -0.39 is 5.92 Å². The molecule has 198 valence electrons. The Morgan fingerprint density at radius 2 is 1.72 bits per heavy atom. The summed E-state index contributed by atoms with van der Waals surface area (Å²) in [4.78, 5) is 16.8. The van der Waals surface area contributed by atoms with Crippen molar-refractivity contribution in [3.05, 3.63) is 117 Å². The van der Waals surface area contributed by atoms with Crippen molar-refractivity contribution in [2.24, 2.45) is 5.73 Å².